The van der Waals surface area contributed by atoms with Crippen molar-refractivity contribution < 1.29 is 22.7 Å². The van der Waals surface area contributed by atoms with Crippen LogP contribution in [-0.4, -0.2) is 50.9 Å². The molecule has 1 aliphatic carbocycles. The average Bonchev–Trinajstić information content (AvgIpc) is 3.01. The molecule has 0 radical (unpaired) electrons. The highest BCUT2D eigenvalue weighted by Crippen LogP contribution is 2.28. The summed E-state index contributed by atoms with van der Waals surface area (Å²) in [5, 5.41) is 3.92. The number of nitrogens with one attached hydrogen (secondary N) is 1. The fraction of sp³-hybridized carbons (Fsp3) is 0.375. The van der Waals surface area contributed by atoms with Gasteiger partial charge in [-0.05, 0) is 73.4 Å². The molecule has 0 heterocycles. The summed E-state index contributed by atoms with van der Waals surface area (Å²) in [5.41, 5.74) is 0.906. The number of carbonyl (C=O) groups is 2. The van der Waals surface area contributed by atoms with Gasteiger partial charge in [0.1, 0.15) is 18.3 Å². The SMILES string of the molecule is CC[C@H](C(=O)NC1CCCCC1)N(Cc1ccc(Cl)cc1Cl)C(=O)CN(c1ccccc1)S(=O)(=O)c1ccc(OC)cc1. The zero-order valence-electron chi connectivity index (χ0n) is 24.3. The number of ether oxygens (including phenoxy) is 1. The van der Waals surface area contributed by atoms with Crippen LogP contribution in [0.15, 0.2) is 77.7 Å². The van der Waals surface area contributed by atoms with Crippen LogP contribution in [-0.2, 0) is 26.2 Å². The van der Waals surface area contributed by atoms with E-state index in [1.165, 1.54) is 24.1 Å². The van der Waals surface area contributed by atoms with E-state index in [4.69, 9.17) is 27.9 Å². The number of methoxy groups -OCH3 is 1. The molecule has 1 N–H and O–H groups in total. The van der Waals surface area contributed by atoms with E-state index in [9.17, 15) is 18.0 Å². The number of hydrogen-bond donors (Lipinski definition) is 1. The molecule has 8 nitrogen and oxygen atoms in total. The molecule has 3 aromatic rings. The number of halogens is 2. The molecule has 11 heteroatoms. The maximum absolute atomic E-state index is 14.2. The van der Waals surface area contributed by atoms with E-state index >= 15 is 0 Å². The van der Waals surface area contributed by atoms with Crippen LogP contribution in [0.25, 0.3) is 0 Å². The van der Waals surface area contributed by atoms with Gasteiger partial charge in [0.25, 0.3) is 10.0 Å². The number of rotatable bonds is 12. The minimum Gasteiger partial charge on any atom is -0.497 e. The van der Waals surface area contributed by atoms with Crippen molar-refractivity contribution in [2.75, 3.05) is 18.0 Å². The molecule has 0 saturated heterocycles. The van der Waals surface area contributed by atoms with Crippen LogP contribution in [0, 0.1) is 0 Å². The van der Waals surface area contributed by atoms with Crippen molar-refractivity contribution in [3.05, 3.63) is 88.4 Å². The number of hydrogen-bond acceptors (Lipinski definition) is 5. The number of carbonyl (C=O) groups excluding carboxylic acids is 2. The smallest absolute Gasteiger partial charge is 0.264 e. The van der Waals surface area contributed by atoms with Gasteiger partial charge in [0, 0.05) is 22.6 Å². The zero-order valence-corrected chi connectivity index (χ0v) is 26.7. The van der Waals surface area contributed by atoms with Crippen molar-refractivity contribution in [1.82, 2.24) is 10.2 Å². The number of benzene rings is 3. The molecule has 0 unspecified atom stereocenters. The number of anilines is 1. The fourth-order valence-corrected chi connectivity index (χ4v) is 7.18. The van der Waals surface area contributed by atoms with Crippen molar-refractivity contribution in [2.24, 2.45) is 0 Å². The van der Waals surface area contributed by atoms with Gasteiger partial charge in [0.05, 0.1) is 17.7 Å². The number of para-hydroxylation sites is 1. The number of amides is 2. The second kappa shape index (κ2) is 14.9. The van der Waals surface area contributed by atoms with Crippen LogP contribution >= 0.6 is 23.2 Å². The van der Waals surface area contributed by atoms with Crippen LogP contribution in [0.5, 0.6) is 5.75 Å². The Balaban J connectivity index is 1.70. The van der Waals surface area contributed by atoms with Gasteiger partial charge in [-0.2, -0.15) is 0 Å². The van der Waals surface area contributed by atoms with E-state index in [-0.39, 0.29) is 23.4 Å². The molecule has 0 aliphatic heterocycles. The lowest BCUT2D eigenvalue weighted by Crippen LogP contribution is -2.54. The van der Waals surface area contributed by atoms with Gasteiger partial charge >= 0.3 is 0 Å². The minimum atomic E-state index is -4.18. The molecular formula is C32H37Cl2N3O5S. The molecule has 43 heavy (non-hydrogen) atoms. The third-order valence-corrected chi connectivity index (χ3v) is 10.0. The van der Waals surface area contributed by atoms with Gasteiger partial charge in [0.15, 0.2) is 0 Å². The Morgan fingerprint density at radius 2 is 1.65 bits per heavy atom. The van der Waals surface area contributed by atoms with Crippen molar-refractivity contribution >= 4 is 50.7 Å². The summed E-state index contributed by atoms with van der Waals surface area (Å²) in [7, 11) is -2.69. The van der Waals surface area contributed by atoms with E-state index in [1.54, 1.807) is 60.7 Å². The number of nitrogens with zero attached hydrogens (tertiary/aromatic N) is 2. The molecule has 0 spiro atoms. The summed E-state index contributed by atoms with van der Waals surface area (Å²) in [6.07, 6.45) is 5.33. The van der Waals surface area contributed by atoms with E-state index in [2.05, 4.69) is 5.32 Å². The Labute approximate surface area is 264 Å². The first-order valence-corrected chi connectivity index (χ1v) is 16.6. The highest BCUT2D eigenvalue weighted by molar-refractivity contribution is 7.92. The lowest BCUT2D eigenvalue weighted by molar-refractivity contribution is -0.140. The molecule has 2 amide bonds. The van der Waals surface area contributed by atoms with Gasteiger partial charge in [-0.25, -0.2) is 8.42 Å². The van der Waals surface area contributed by atoms with Crippen molar-refractivity contribution in [3.63, 3.8) is 0 Å². The van der Waals surface area contributed by atoms with Gasteiger partial charge in [-0.15, -0.1) is 0 Å². The summed E-state index contributed by atoms with van der Waals surface area (Å²) in [6, 6.07) is 18.5. The van der Waals surface area contributed by atoms with Crippen LogP contribution in [0.4, 0.5) is 5.69 Å². The molecule has 1 fully saturated rings. The standard InChI is InChI=1S/C32H37Cl2N3O5S/c1-3-30(32(39)35-25-10-6-4-7-11-25)36(21-23-14-15-24(33)20-29(23)34)31(38)22-37(26-12-8-5-9-13-26)43(40,41)28-18-16-27(42-2)17-19-28/h5,8-9,12-20,25,30H,3-4,6-7,10-11,21-22H2,1-2H3,(H,35,39)/t30-/m1/s1. The second-order valence-electron chi connectivity index (χ2n) is 10.5. The maximum Gasteiger partial charge on any atom is 0.264 e. The monoisotopic (exact) mass is 645 g/mol. The van der Waals surface area contributed by atoms with Crippen molar-refractivity contribution in [3.8, 4) is 5.75 Å². The predicted octanol–water partition coefficient (Wildman–Crippen LogP) is 6.45. The topological polar surface area (TPSA) is 96.0 Å². The lowest BCUT2D eigenvalue weighted by Gasteiger charge is -2.34. The normalized spacial score (nSPS) is 14.5. The van der Waals surface area contributed by atoms with E-state index < -0.39 is 28.5 Å². The first kappa shape index (κ1) is 32.6. The minimum absolute atomic E-state index is 0.000619. The average molecular weight is 647 g/mol. The third-order valence-electron chi connectivity index (χ3n) is 7.66. The number of sulfonamides is 1. The van der Waals surface area contributed by atoms with Crippen LogP contribution in [0.1, 0.15) is 51.0 Å². The fourth-order valence-electron chi connectivity index (χ4n) is 5.30. The highest BCUT2D eigenvalue weighted by Gasteiger charge is 2.34. The Bertz CT molecular complexity index is 1500. The summed E-state index contributed by atoms with van der Waals surface area (Å²) in [5.74, 6) is -0.309. The highest BCUT2D eigenvalue weighted by atomic mass is 35.5. The molecule has 4 rings (SSSR count). The summed E-state index contributed by atoms with van der Waals surface area (Å²) >= 11 is 12.6. The molecular weight excluding hydrogens is 609 g/mol. The molecule has 230 valence electrons. The quantitative estimate of drug-likeness (QED) is 0.244. The Morgan fingerprint density at radius 3 is 2.26 bits per heavy atom. The van der Waals surface area contributed by atoms with Crippen molar-refractivity contribution in [1.29, 1.82) is 0 Å². The van der Waals surface area contributed by atoms with Gasteiger partial charge < -0.3 is 15.0 Å². The second-order valence-corrected chi connectivity index (χ2v) is 13.3. The molecule has 0 bridgehead atoms. The van der Waals surface area contributed by atoms with Crippen LogP contribution < -0.4 is 14.4 Å². The van der Waals surface area contributed by atoms with Gasteiger partial charge in [-0.3, -0.25) is 13.9 Å². The lowest BCUT2D eigenvalue weighted by atomic mass is 9.95. The molecule has 1 saturated carbocycles. The summed E-state index contributed by atoms with van der Waals surface area (Å²) < 4.78 is 34.2. The first-order valence-electron chi connectivity index (χ1n) is 14.4. The summed E-state index contributed by atoms with van der Waals surface area (Å²) in [4.78, 5) is 29.3. The Morgan fingerprint density at radius 1 is 0.977 bits per heavy atom. The van der Waals surface area contributed by atoms with E-state index in [0.29, 0.717) is 33.5 Å². The van der Waals surface area contributed by atoms with Crippen LogP contribution in [0.2, 0.25) is 10.0 Å². The first-order chi connectivity index (χ1) is 20.6. The van der Waals surface area contributed by atoms with E-state index in [0.717, 1.165) is 36.4 Å². The maximum atomic E-state index is 14.2. The summed E-state index contributed by atoms with van der Waals surface area (Å²) in [6.45, 7) is 1.30. The predicted molar refractivity (Wildman–Crippen MR) is 170 cm³/mol. The van der Waals surface area contributed by atoms with Crippen LogP contribution in [0.3, 0.4) is 0 Å². The van der Waals surface area contributed by atoms with Crippen molar-refractivity contribution in [2.45, 2.75) is 69.0 Å². The third kappa shape index (κ3) is 8.22. The molecule has 1 aliphatic rings. The molecule has 0 aromatic heterocycles. The zero-order chi connectivity index (χ0) is 31.0. The molecule has 3 aromatic carbocycles. The largest absolute Gasteiger partial charge is 0.497 e. The van der Waals surface area contributed by atoms with Gasteiger partial charge in [-0.1, -0.05) is 73.7 Å². The van der Waals surface area contributed by atoms with E-state index in [1.807, 2.05) is 6.92 Å². The Hall–Kier alpha value is -3.27. The Kier molecular flexibility index (Phi) is 11.3. The van der Waals surface area contributed by atoms with Gasteiger partial charge in [0.2, 0.25) is 11.8 Å². The molecule has 1 atom stereocenters.